The van der Waals surface area contributed by atoms with E-state index in [1.54, 1.807) is 54.6 Å². The molecule has 0 aromatic heterocycles. The Bertz CT molecular complexity index is 1010. The van der Waals surface area contributed by atoms with Crippen LogP contribution in [0.1, 0.15) is 31.1 Å². The van der Waals surface area contributed by atoms with Crippen molar-refractivity contribution >= 4 is 17.7 Å². The molecular weight excluding hydrogens is 372 g/mol. The van der Waals surface area contributed by atoms with Crippen LogP contribution in [0.5, 0.6) is 11.5 Å². The highest BCUT2D eigenvalue weighted by Gasteiger charge is 2.13. The summed E-state index contributed by atoms with van der Waals surface area (Å²) in [5, 5.41) is 0. The minimum Gasteiger partial charge on any atom is -0.497 e. The fourth-order valence-electron chi connectivity index (χ4n) is 2.50. The van der Waals surface area contributed by atoms with Crippen LogP contribution in [0.2, 0.25) is 0 Å². The first-order chi connectivity index (χ1) is 14.1. The van der Waals surface area contributed by atoms with Crippen molar-refractivity contribution in [3.63, 3.8) is 0 Å². The molecule has 0 radical (unpaired) electrons. The average molecular weight is 390 g/mol. The SMILES string of the molecule is COc1cccc(C(=O)Oc2ccc(C(=O)COC(=O)c3ccccc3)cc2)c1. The molecule has 6 nitrogen and oxygen atoms in total. The van der Waals surface area contributed by atoms with Gasteiger partial charge in [0.25, 0.3) is 0 Å². The van der Waals surface area contributed by atoms with E-state index in [4.69, 9.17) is 14.2 Å². The summed E-state index contributed by atoms with van der Waals surface area (Å²) in [6.07, 6.45) is 0. The van der Waals surface area contributed by atoms with Gasteiger partial charge in [-0.3, -0.25) is 4.79 Å². The van der Waals surface area contributed by atoms with Gasteiger partial charge in [0.15, 0.2) is 12.4 Å². The van der Waals surface area contributed by atoms with Crippen LogP contribution in [0.25, 0.3) is 0 Å². The summed E-state index contributed by atoms with van der Waals surface area (Å²) in [6.45, 7) is -0.378. The molecule has 29 heavy (non-hydrogen) atoms. The minimum absolute atomic E-state index is 0.288. The molecule has 0 atom stereocenters. The Labute approximate surface area is 167 Å². The number of ether oxygens (including phenoxy) is 3. The molecule has 3 rings (SSSR count). The van der Waals surface area contributed by atoms with Gasteiger partial charge >= 0.3 is 11.9 Å². The maximum Gasteiger partial charge on any atom is 0.343 e. The standard InChI is InChI=1S/C23H18O6/c1-27-20-9-5-8-18(14-20)23(26)29-19-12-10-16(11-13-19)21(24)15-28-22(25)17-6-3-2-4-7-17/h2-14H,15H2,1H3. The summed E-state index contributed by atoms with van der Waals surface area (Å²) in [7, 11) is 1.51. The van der Waals surface area contributed by atoms with Crippen LogP contribution in [0.3, 0.4) is 0 Å². The van der Waals surface area contributed by atoms with Crippen molar-refractivity contribution in [3.8, 4) is 11.5 Å². The number of carbonyl (C=O) groups is 3. The van der Waals surface area contributed by atoms with E-state index in [1.165, 1.54) is 31.4 Å². The molecule has 0 unspecified atom stereocenters. The van der Waals surface area contributed by atoms with Gasteiger partial charge in [-0.2, -0.15) is 0 Å². The van der Waals surface area contributed by atoms with Crippen molar-refractivity contribution in [2.24, 2.45) is 0 Å². The molecule has 0 heterocycles. The molecule has 0 fully saturated rings. The molecule has 0 aliphatic rings. The summed E-state index contributed by atoms with van der Waals surface area (Å²) < 4.78 is 15.4. The van der Waals surface area contributed by atoms with E-state index in [2.05, 4.69) is 0 Å². The van der Waals surface area contributed by atoms with Gasteiger partial charge in [0, 0.05) is 5.56 Å². The number of ketones is 1. The lowest BCUT2D eigenvalue weighted by atomic mass is 10.1. The van der Waals surface area contributed by atoms with Gasteiger partial charge < -0.3 is 14.2 Å². The first kappa shape index (κ1) is 19.8. The molecule has 6 heteroatoms. The van der Waals surface area contributed by atoms with Gasteiger partial charge in [0.05, 0.1) is 18.2 Å². The lowest BCUT2D eigenvalue weighted by Gasteiger charge is -2.07. The molecule has 3 aromatic rings. The summed E-state index contributed by atoms with van der Waals surface area (Å²) in [5.41, 5.74) is 1.06. The first-order valence-electron chi connectivity index (χ1n) is 8.78. The Hall–Kier alpha value is -3.93. The zero-order valence-electron chi connectivity index (χ0n) is 15.7. The van der Waals surface area contributed by atoms with Crippen molar-refractivity contribution < 1.29 is 28.6 Å². The molecule has 146 valence electrons. The number of methoxy groups -OCH3 is 1. The molecule has 0 saturated carbocycles. The van der Waals surface area contributed by atoms with Gasteiger partial charge in [-0.15, -0.1) is 0 Å². The van der Waals surface area contributed by atoms with Crippen molar-refractivity contribution in [2.75, 3.05) is 13.7 Å². The Morgan fingerprint density at radius 1 is 0.690 bits per heavy atom. The smallest absolute Gasteiger partial charge is 0.343 e. The van der Waals surface area contributed by atoms with Crippen LogP contribution >= 0.6 is 0 Å². The molecule has 0 N–H and O–H groups in total. The predicted molar refractivity (Wildman–Crippen MR) is 105 cm³/mol. The van der Waals surface area contributed by atoms with E-state index in [1.807, 2.05) is 0 Å². The van der Waals surface area contributed by atoms with Crippen LogP contribution in [-0.4, -0.2) is 31.4 Å². The first-order valence-corrected chi connectivity index (χ1v) is 8.78. The molecule has 3 aromatic carbocycles. The molecule has 0 aliphatic carbocycles. The predicted octanol–water partition coefficient (Wildman–Crippen LogP) is 3.95. The Kier molecular flexibility index (Phi) is 6.37. The minimum atomic E-state index is -0.567. The third-order valence-electron chi connectivity index (χ3n) is 4.04. The normalized spacial score (nSPS) is 10.1. The second-order valence-corrected chi connectivity index (χ2v) is 6.01. The third kappa shape index (κ3) is 5.29. The highest BCUT2D eigenvalue weighted by molar-refractivity contribution is 5.99. The topological polar surface area (TPSA) is 78.9 Å². The maximum absolute atomic E-state index is 12.2. The summed E-state index contributed by atoms with van der Waals surface area (Å²) in [5.74, 6) is -0.636. The van der Waals surface area contributed by atoms with Crippen molar-refractivity contribution in [2.45, 2.75) is 0 Å². The van der Waals surface area contributed by atoms with Crippen molar-refractivity contribution in [1.82, 2.24) is 0 Å². The third-order valence-corrected chi connectivity index (χ3v) is 4.04. The maximum atomic E-state index is 12.2. The van der Waals surface area contributed by atoms with Crippen molar-refractivity contribution in [1.29, 1.82) is 0 Å². The number of carbonyl (C=O) groups excluding carboxylic acids is 3. The van der Waals surface area contributed by atoms with Crippen LogP contribution in [-0.2, 0) is 4.74 Å². The highest BCUT2D eigenvalue weighted by Crippen LogP contribution is 2.17. The monoisotopic (exact) mass is 390 g/mol. The van der Waals surface area contributed by atoms with Crippen molar-refractivity contribution in [3.05, 3.63) is 95.6 Å². The number of benzene rings is 3. The molecule has 0 amide bonds. The number of rotatable bonds is 7. The molecular formula is C23H18O6. The lowest BCUT2D eigenvalue weighted by Crippen LogP contribution is -2.14. The molecule has 0 spiro atoms. The Morgan fingerprint density at radius 2 is 1.38 bits per heavy atom. The number of Topliss-reactive ketones (excluding diaryl/α,β-unsaturated/α-hetero) is 1. The number of hydrogen-bond acceptors (Lipinski definition) is 6. The van der Waals surface area contributed by atoms with Crippen LogP contribution < -0.4 is 9.47 Å². The quantitative estimate of drug-likeness (QED) is 0.345. The number of esters is 2. The molecule has 0 saturated heterocycles. The summed E-state index contributed by atoms with van der Waals surface area (Å²) in [6, 6.07) is 21.0. The van der Waals surface area contributed by atoms with Gasteiger partial charge in [0.2, 0.25) is 0 Å². The van der Waals surface area contributed by atoms with Gasteiger partial charge in [-0.25, -0.2) is 9.59 Å². The van der Waals surface area contributed by atoms with E-state index in [0.29, 0.717) is 22.4 Å². The molecule has 0 aliphatic heterocycles. The Morgan fingerprint density at radius 3 is 2.07 bits per heavy atom. The summed E-state index contributed by atoms with van der Waals surface area (Å²) in [4.78, 5) is 36.3. The highest BCUT2D eigenvalue weighted by atomic mass is 16.5. The van der Waals surface area contributed by atoms with E-state index >= 15 is 0 Å². The van der Waals surface area contributed by atoms with E-state index in [-0.39, 0.29) is 18.1 Å². The van der Waals surface area contributed by atoms with Gasteiger partial charge in [0.1, 0.15) is 11.5 Å². The average Bonchev–Trinajstić information content (AvgIpc) is 2.78. The second-order valence-electron chi connectivity index (χ2n) is 6.01. The summed E-state index contributed by atoms with van der Waals surface area (Å²) >= 11 is 0. The number of hydrogen-bond donors (Lipinski definition) is 0. The molecule has 0 bridgehead atoms. The van der Waals surface area contributed by atoms with Gasteiger partial charge in [-0.1, -0.05) is 24.3 Å². The fourth-order valence-corrected chi connectivity index (χ4v) is 2.50. The lowest BCUT2D eigenvalue weighted by molar-refractivity contribution is 0.0474. The Balaban J connectivity index is 1.57. The van der Waals surface area contributed by atoms with Crippen LogP contribution in [0.4, 0.5) is 0 Å². The van der Waals surface area contributed by atoms with E-state index in [9.17, 15) is 14.4 Å². The van der Waals surface area contributed by atoms with Crippen LogP contribution in [0.15, 0.2) is 78.9 Å². The zero-order chi connectivity index (χ0) is 20.6. The van der Waals surface area contributed by atoms with E-state index < -0.39 is 11.9 Å². The zero-order valence-corrected chi connectivity index (χ0v) is 15.7. The fraction of sp³-hybridized carbons (Fsp3) is 0.0870. The van der Waals surface area contributed by atoms with Gasteiger partial charge in [-0.05, 0) is 54.6 Å². The second kappa shape index (κ2) is 9.32. The van der Waals surface area contributed by atoms with E-state index in [0.717, 1.165) is 0 Å². The van der Waals surface area contributed by atoms with Crippen LogP contribution in [0, 0.1) is 0 Å². The largest absolute Gasteiger partial charge is 0.497 e.